The Bertz CT molecular complexity index is 637. The molecule has 1 aromatic carbocycles. The molecule has 0 radical (unpaired) electrons. The molecule has 1 aromatic heterocycles. The highest BCUT2D eigenvalue weighted by molar-refractivity contribution is 6.31. The highest BCUT2D eigenvalue weighted by Crippen LogP contribution is 2.22. The van der Waals surface area contributed by atoms with Gasteiger partial charge < -0.3 is 10.4 Å². The summed E-state index contributed by atoms with van der Waals surface area (Å²) in [5, 5.41) is 17.1. The van der Waals surface area contributed by atoms with Gasteiger partial charge in [0.05, 0.1) is 28.6 Å². The lowest BCUT2D eigenvalue weighted by Gasteiger charge is -2.07. The van der Waals surface area contributed by atoms with Crippen LogP contribution in [-0.4, -0.2) is 20.8 Å². The summed E-state index contributed by atoms with van der Waals surface area (Å²) in [6.07, 6.45) is 0.257. The number of carbonyl (C=O) groups is 1. The quantitative estimate of drug-likeness (QED) is 0.852. The third-order valence-electron chi connectivity index (χ3n) is 3.02. The van der Waals surface area contributed by atoms with Gasteiger partial charge in [-0.1, -0.05) is 23.7 Å². The maximum Gasteiger partial charge on any atom is 0.226 e. The Morgan fingerprint density at radius 3 is 2.70 bits per heavy atom. The smallest absolute Gasteiger partial charge is 0.226 e. The van der Waals surface area contributed by atoms with Gasteiger partial charge in [0.15, 0.2) is 0 Å². The minimum absolute atomic E-state index is 0.0509. The SMILES string of the molecule is Cc1nn(CCC(=O)Nc2ccccc2O)c(C)c1Cl. The third kappa shape index (κ3) is 3.11. The second-order valence-corrected chi connectivity index (χ2v) is 4.90. The fraction of sp³-hybridized carbons (Fsp3) is 0.286. The third-order valence-corrected chi connectivity index (χ3v) is 3.57. The fourth-order valence-corrected chi connectivity index (χ4v) is 2.03. The zero-order chi connectivity index (χ0) is 14.7. The molecule has 106 valence electrons. The van der Waals surface area contributed by atoms with Crippen LogP contribution in [0.1, 0.15) is 17.8 Å². The van der Waals surface area contributed by atoms with Crippen molar-refractivity contribution in [2.45, 2.75) is 26.8 Å². The molecule has 0 bridgehead atoms. The van der Waals surface area contributed by atoms with Crippen LogP contribution >= 0.6 is 11.6 Å². The number of hydrogen-bond donors (Lipinski definition) is 2. The van der Waals surface area contributed by atoms with E-state index in [0.717, 1.165) is 11.4 Å². The molecule has 0 saturated carbocycles. The van der Waals surface area contributed by atoms with Crippen LogP contribution in [0.3, 0.4) is 0 Å². The first-order chi connectivity index (χ1) is 9.49. The molecule has 5 nitrogen and oxygen atoms in total. The van der Waals surface area contributed by atoms with Crippen molar-refractivity contribution in [3.8, 4) is 5.75 Å². The number of aromatic hydroxyl groups is 1. The van der Waals surface area contributed by atoms with E-state index in [4.69, 9.17) is 11.6 Å². The Labute approximate surface area is 122 Å². The van der Waals surface area contributed by atoms with Gasteiger partial charge in [0.25, 0.3) is 0 Å². The first-order valence-electron chi connectivity index (χ1n) is 6.26. The van der Waals surface area contributed by atoms with E-state index in [2.05, 4.69) is 10.4 Å². The summed E-state index contributed by atoms with van der Waals surface area (Å²) in [5.74, 6) is -0.134. The molecular weight excluding hydrogens is 278 g/mol. The molecule has 0 aliphatic heterocycles. The van der Waals surface area contributed by atoms with Crippen molar-refractivity contribution in [1.29, 1.82) is 0 Å². The number of halogens is 1. The molecule has 0 spiro atoms. The van der Waals surface area contributed by atoms with E-state index in [9.17, 15) is 9.90 Å². The average Bonchev–Trinajstić information content (AvgIpc) is 2.66. The molecule has 0 aliphatic carbocycles. The number of nitrogens with one attached hydrogen (secondary N) is 1. The number of aromatic nitrogens is 2. The standard InChI is InChI=1S/C14H16ClN3O2/c1-9-14(15)10(2)18(17-9)8-7-13(20)16-11-5-3-4-6-12(11)19/h3-6,19H,7-8H2,1-2H3,(H,16,20). The van der Waals surface area contributed by atoms with E-state index in [-0.39, 0.29) is 18.1 Å². The summed E-state index contributed by atoms with van der Waals surface area (Å²) in [7, 11) is 0. The van der Waals surface area contributed by atoms with Crippen LogP contribution in [0.4, 0.5) is 5.69 Å². The van der Waals surface area contributed by atoms with Gasteiger partial charge in [0, 0.05) is 6.42 Å². The second-order valence-electron chi connectivity index (χ2n) is 4.52. The first kappa shape index (κ1) is 14.4. The molecule has 0 saturated heterocycles. The van der Waals surface area contributed by atoms with Crippen LogP contribution in [0, 0.1) is 13.8 Å². The molecule has 0 aliphatic rings. The van der Waals surface area contributed by atoms with Crippen LogP contribution in [0.5, 0.6) is 5.75 Å². The van der Waals surface area contributed by atoms with Crippen molar-refractivity contribution < 1.29 is 9.90 Å². The molecule has 2 aromatic rings. The van der Waals surface area contributed by atoms with Gasteiger partial charge in [-0.3, -0.25) is 9.48 Å². The Morgan fingerprint density at radius 2 is 2.10 bits per heavy atom. The Kier molecular flexibility index (Phi) is 4.29. The number of nitrogens with zero attached hydrogens (tertiary/aromatic N) is 2. The largest absolute Gasteiger partial charge is 0.506 e. The lowest BCUT2D eigenvalue weighted by atomic mass is 10.3. The van der Waals surface area contributed by atoms with Crippen molar-refractivity contribution >= 4 is 23.2 Å². The minimum atomic E-state index is -0.185. The van der Waals surface area contributed by atoms with Crippen molar-refractivity contribution in [2.24, 2.45) is 0 Å². The van der Waals surface area contributed by atoms with E-state index in [1.807, 2.05) is 13.8 Å². The van der Waals surface area contributed by atoms with Gasteiger partial charge in [-0.05, 0) is 26.0 Å². The van der Waals surface area contributed by atoms with Crippen LogP contribution in [0.15, 0.2) is 24.3 Å². The monoisotopic (exact) mass is 293 g/mol. The summed E-state index contributed by atoms with van der Waals surface area (Å²) in [6, 6.07) is 6.61. The van der Waals surface area contributed by atoms with E-state index in [0.29, 0.717) is 17.3 Å². The molecule has 1 heterocycles. The Hall–Kier alpha value is -2.01. The number of aryl methyl sites for hydroxylation is 2. The van der Waals surface area contributed by atoms with Gasteiger partial charge in [0.2, 0.25) is 5.91 Å². The predicted molar refractivity (Wildman–Crippen MR) is 78.1 cm³/mol. The van der Waals surface area contributed by atoms with E-state index >= 15 is 0 Å². The van der Waals surface area contributed by atoms with Crippen molar-refractivity contribution in [3.63, 3.8) is 0 Å². The van der Waals surface area contributed by atoms with Crippen LogP contribution < -0.4 is 5.32 Å². The predicted octanol–water partition coefficient (Wildman–Crippen LogP) is 2.89. The number of para-hydroxylation sites is 2. The summed E-state index contributed by atoms with van der Waals surface area (Å²) in [6.45, 7) is 4.13. The van der Waals surface area contributed by atoms with Crippen molar-refractivity contribution in [1.82, 2.24) is 9.78 Å². The number of rotatable bonds is 4. The first-order valence-corrected chi connectivity index (χ1v) is 6.64. The number of phenols is 1. The summed E-state index contributed by atoms with van der Waals surface area (Å²) in [4.78, 5) is 11.8. The number of amides is 1. The van der Waals surface area contributed by atoms with Gasteiger partial charge in [-0.25, -0.2) is 0 Å². The number of benzene rings is 1. The lowest BCUT2D eigenvalue weighted by molar-refractivity contribution is -0.116. The average molecular weight is 294 g/mol. The van der Waals surface area contributed by atoms with E-state index in [1.54, 1.807) is 22.9 Å². The molecule has 6 heteroatoms. The van der Waals surface area contributed by atoms with Crippen molar-refractivity contribution in [2.75, 3.05) is 5.32 Å². The highest BCUT2D eigenvalue weighted by atomic mass is 35.5. The highest BCUT2D eigenvalue weighted by Gasteiger charge is 2.11. The molecular formula is C14H16ClN3O2. The van der Waals surface area contributed by atoms with Gasteiger partial charge in [-0.2, -0.15) is 5.10 Å². The number of carbonyl (C=O) groups excluding carboxylic acids is 1. The molecule has 0 atom stereocenters. The lowest BCUT2D eigenvalue weighted by Crippen LogP contribution is -2.15. The zero-order valence-electron chi connectivity index (χ0n) is 11.4. The molecule has 2 rings (SSSR count). The van der Waals surface area contributed by atoms with Crippen LogP contribution in [0.25, 0.3) is 0 Å². The number of anilines is 1. The van der Waals surface area contributed by atoms with Gasteiger partial charge in [-0.15, -0.1) is 0 Å². The molecule has 1 amide bonds. The molecule has 0 unspecified atom stereocenters. The van der Waals surface area contributed by atoms with Crippen LogP contribution in [-0.2, 0) is 11.3 Å². The van der Waals surface area contributed by atoms with Crippen LogP contribution in [0.2, 0.25) is 5.02 Å². The molecule has 0 fully saturated rings. The van der Waals surface area contributed by atoms with Gasteiger partial charge in [0.1, 0.15) is 5.75 Å². The molecule has 2 N–H and O–H groups in total. The normalized spacial score (nSPS) is 10.6. The second kappa shape index (κ2) is 5.96. The minimum Gasteiger partial charge on any atom is -0.506 e. The molecule has 20 heavy (non-hydrogen) atoms. The fourth-order valence-electron chi connectivity index (χ4n) is 1.89. The number of hydrogen-bond acceptors (Lipinski definition) is 3. The van der Waals surface area contributed by atoms with Gasteiger partial charge >= 0.3 is 0 Å². The Morgan fingerprint density at radius 1 is 1.40 bits per heavy atom. The maximum absolute atomic E-state index is 11.8. The summed E-state index contributed by atoms with van der Waals surface area (Å²) >= 11 is 6.05. The van der Waals surface area contributed by atoms with E-state index < -0.39 is 0 Å². The summed E-state index contributed by atoms with van der Waals surface area (Å²) < 4.78 is 1.71. The Balaban J connectivity index is 1.96. The van der Waals surface area contributed by atoms with E-state index in [1.165, 1.54) is 6.07 Å². The zero-order valence-corrected chi connectivity index (χ0v) is 12.1. The number of phenolic OH excluding ortho intramolecular Hbond substituents is 1. The van der Waals surface area contributed by atoms with Crippen molar-refractivity contribution in [3.05, 3.63) is 40.7 Å². The summed E-state index contributed by atoms with van der Waals surface area (Å²) in [5.41, 5.74) is 2.01. The topological polar surface area (TPSA) is 67.2 Å². The maximum atomic E-state index is 11.8.